The molecule has 2 bridgehead atoms. The minimum absolute atomic E-state index is 0.237. The van der Waals surface area contributed by atoms with Crippen molar-refractivity contribution in [1.29, 1.82) is 5.26 Å². The minimum atomic E-state index is 0.237. The Hall–Kier alpha value is -2.09. The van der Waals surface area contributed by atoms with Crippen LogP contribution in [0.2, 0.25) is 0 Å². The Kier molecular flexibility index (Phi) is 2.89. The molecule has 1 aromatic rings. The van der Waals surface area contributed by atoms with Gasteiger partial charge in [0.1, 0.15) is 6.07 Å². The van der Waals surface area contributed by atoms with Gasteiger partial charge in [-0.25, -0.2) is 10.4 Å². The molecule has 0 amide bonds. The fourth-order valence-electron chi connectivity index (χ4n) is 3.29. The van der Waals surface area contributed by atoms with Crippen LogP contribution in [0.25, 0.3) is 0 Å². The van der Waals surface area contributed by atoms with E-state index in [2.05, 4.69) is 35.4 Å². The molecule has 0 saturated heterocycles. The molecule has 2 atom stereocenters. The number of hydrogen-bond acceptors (Lipinski definition) is 5. The van der Waals surface area contributed by atoms with Crippen molar-refractivity contribution in [2.24, 2.45) is 22.4 Å². The molecule has 104 valence electrons. The van der Waals surface area contributed by atoms with E-state index in [0.29, 0.717) is 23.1 Å². The van der Waals surface area contributed by atoms with Gasteiger partial charge in [0.25, 0.3) is 5.88 Å². The largest absolute Gasteiger partial charge is 0.422 e. The van der Waals surface area contributed by atoms with E-state index >= 15 is 0 Å². The zero-order chi connectivity index (χ0) is 14.3. The van der Waals surface area contributed by atoms with Crippen LogP contribution in [0.4, 0.5) is 5.88 Å². The van der Waals surface area contributed by atoms with Crippen LogP contribution in [0.3, 0.4) is 0 Å². The molecule has 1 aromatic heterocycles. The lowest BCUT2D eigenvalue weighted by molar-refractivity contribution is -0.00124. The average Bonchev–Trinajstić information content (AvgIpc) is 2.79. The maximum atomic E-state index is 8.92. The number of allylic oxidation sites excluding steroid dienone is 2. The lowest BCUT2D eigenvalue weighted by Crippen LogP contribution is -2.48. The topological polar surface area (TPSA) is 74.2 Å². The Morgan fingerprint density at radius 1 is 1.60 bits per heavy atom. The SMILES string of the molecule is Cc1nc(C#N)c(NN=CC2=CCC3CC2C3(C)C)o1. The first-order valence-corrected chi connectivity index (χ1v) is 6.89. The third-order valence-electron chi connectivity index (χ3n) is 4.73. The quantitative estimate of drug-likeness (QED) is 0.675. The van der Waals surface area contributed by atoms with Gasteiger partial charge in [0.2, 0.25) is 5.69 Å². The number of hydrazone groups is 1. The van der Waals surface area contributed by atoms with Crippen LogP contribution in [0.15, 0.2) is 21.2 Å². The molecule has 1 heterocycles. The summed E-state index contributed by atoms with van der Waals surface area (Å²) < 4.78 is 5.29. The van der Waals surface area contributed by atoms with Gasteiger partial charge in [-0.15, -0.1) is 0 Å². The van der Waals surface area contributed by atoms with Crippen molar-refractivity contribution in [3.8, 4) is 6.07 Å². The van der Waals surface area contributed by atoms with Crippen LogP contribution in [0.1, 0.15) is 38.3 Å². The molecule has 4 rings (SSSR count). The summed E-state index contributed by atoms with van der Waals surface area (Å²) in [5, 5.41) is 13.1. The van der Waals surface area contributed by atoms with Gasteiger partial charge in [0.05, 0.1) is 6.21 Å². The van der Waals surface area contributed by atoms with Crippen LogP contribution in [-0.2, 0) is 0 Å². The van der Waals surface area contributed by atoms with Crippen LogP contribution in [0, 0.1) is 35.5 Å². The van der Waals surface area contributed by atoms with E-state index < -0.39 is 0 Å². The molecule has 5 heteroatoms. The van der Waals surface area contributed by atoms with E-state index in [1.54, 1.807) is 6.92 Å². The lowest BCUT2D eigenvalue weighted by Gasteiger charge is -2.55. The molecule has 3 aliphatic rings. The minimum Gasteiger partial charge on any atom is -0.422 e. The highest BCUT2D eigenvalue weighted by Gasteiger charge is 2.50. The number of aryl methyl sites for hydroxylation is 1. The maximum Gasteiger partial charge on any atom is 0.252 e. The number of nitriles is 1. The first kappa shape index (κ1) is 12.9. The summed E-state index contributed by atoms with van der Waals surface area (Å²) in [7, 11) is 0. The number of oxazole rings is 1. The normalized spacial score (nSPS) is 26.8. The molecule has 0 spiro atoms. The summed E-state index contributed by atoms with van der Waals surface area (Å²) in [5.74, 6) is 2.18. The summed E-state index contributed by atoms with van der Waals surface area (Å²) in [5.41, 5.74) is 4.67. The van der Waals surface area contributed by atoms with Crippen LogP contribution < -0.4 is 5.43 Å². The zero-order valence-electron chi connectivity index (χ0n) is 12.0. The van der Waals surface area contributed by atoms with Gasteiger partial charge in [-0.2, -0.15) is 10.4 Å². The van der Waals surface area contributed by atoms with Crippen molar-refractivity contribution in [3.63, 3.8) is 0 Å². The van der Waals surface area contributed by atoms with Crippen molar-refractivity contribution in [3.05, 3.63) is 23.2 Å². The molecular weight excluding hydrogens is 252 g/mol. The van der Waals surface area contributed by atoms with Crippen molar-refractivity contribution in [1.82, 2.24) is 4.98 Å². The number of aromatic nitrogens is 1. The number of rotatable bonds is 3. The van der Waals surface area contributed by atoms with E-state index in [-0.39, 0.29) is 5.69 Å². The fraction of sp³-hybridized carbons (Fsp3) is 0.533. The second-order valence-corrected chi connectivity index (χ2v) is 6.14. The van der Waals surface area contributed by atoms with Crippen LogP contribution >= 0.6 is 0 Å². The first-order valence-electron chi connectivity index (χ1n) is 6.89. The highest BCUT2D eigenvalue weighted by atomic mass is 16.4. The van der Waals surface area contributed by atoms with Gasteiger partial charge in [0.15, 0.2) is 5.89 Å². The first-order chi connectivity index (χ1) is 9.52. The third-order valence-corrected chi connectivity index (χ3v) is 4.73. The summed E-state index contributed by atoms with van der Waals surface area (Å²) in [6, 6.07) is 1.98. The Bertz CT molecular complexity index is 633. The van der Waals surface area contributed by atoms with E-state index in [1.165, 1.54) is 12.0 Å². The van der Waals surface area contributed by atoms with Gasteiger partial charge >= 0.3 is 0 Å². The van der Waals surface area contributed by atoms with Crippen molar-refractivity contribution in [2.75, 3.05) is 5.43 Å². The Labute approximate surface area is 118 Å². The highest BCUT2D eigenvalue weighted by Crippen LogP contribution is 2.58. The molecule has 0 aromatic carbocycles. The zero-order valence-corrected chi connectivity index (χ0v) is 12.0. The Balaban J connectivity index is 1.70. The van der Waals surface area contributed by atoms with Gasteiger partial charge in [-0.1, -0.05) is 19.9 Å². The Morgan fingerprint density at radius 2 is 2.40 bits per heavy atom. The van der Waals surface area contributed by atoms with E-state index in [9.17, 15) is 0 Å². The van der Waals surface area contributed by atoms with Crippen molar-refractivity contribution >= 4 is 12.1 Å². The second kappa shape index (κ2) is 4.48. The monoisotopic (exact) mass is 270 g/mol. The molecule has 0 aliphatic heterocycles. The molecular formula is C15H18N4O. The van der Waals surface area contributed by atoms with Gasteiger partial charge in [-0.3, -0.25) is 0 Å². The maximum absolute atomic E-state index is 8.92. The smallest absolute Gasteiger partial charge is 0.252 e. The number of fused-ring (bicyclic) bond motifs is 1. The highest BCUT2D eigenvalue weighted by molar-refractivity contribution is 5.81. The standard InChI is InChI=1S/C15H18N4O/c1-9-18-13(7-16)14(20-9)19-17-8-10-4-5-11-6-12(10)15(11,2)3/h4,8,11-12,19H,5-6H2,1-3H3. The molecule has 5 nitrogen and oxygen atoms in total. The van der Waals surface area contributed by atoms with E-state index in [4.69, 9.17) is 9.68 Å². The molecule has 1 saturated carbocycles. The number of hydrogen-bond donors (Lipinski definition) is 1. The van der Waals surface area contributed by atoms with Gasteiger partial charge < -0.3 is 4.42 Å². The molecule has 1 fully saturated rings. The molecule has 20 heavy (non-hydrogen) atoms. The van der Waals surface area contributed by atoms with Gasteiger partial charge in [-0.05, 0) is 35.7 Å². The van der Waals surface area contributed by atoms with E-state index in [1.807, 2.05) is 12.3 Å². The summed E-state index contributed by atoms with van der Waals surface area (Å²) >= 11 is 0. The predicted molar refractivity (Wildman–Crippen MR) is 76.1 cm³/mol. The van der Waals surface area contributed by atoms with Crippen LogP contribution in [0.5, 0.6) is 0 Å². The van der Waals surface area contributed by atoms with Gasteiger partial charge in [0, 0.05) is 6.92 Å². The van der Waals surface area contributed by atoms with E-state index in [0.717, 1.165) is 12.3 Å². The number of anilines is 1. The molecule has 2 unspecified atom stereocenters. The molecule has 0 radical (unpaired) electrons. The third kappa shape index (κ3) is 1.92. The van der Waals surface area contributed by atoms with Crippen molar-refractivity contribution in [2.45, 2.75) is 33.6 Å². The summed E-state index contributed by atoms with van der Waals surface area (Å²) in [4.78, 5) is 3.96. The van der Waals surface area contributed by atoms with Crippen molar-refractivity contribution < 1.29 is 4.42 Å². The fourth-order valence-corrected chi connectivity index (χ4v) is 3.29. The second-order valence-electron chi connectivity index (χ2n) is 6.14. The number of nitrogens with zero attached hydrogens (tertiary/aromatic N) is 3. The Morgan fingerprint density at radius 3 is 3.05 bits per heavy atom. The number of nitrogens with one attached hydrogen (secondary N) is 1. The molecule has 3 aliphatic carbocycles. The molecule has 1 N–H and O–H groups in total. The average molecular weight is 270 g/mol. The lowest BCUT2D eigenvalue weighted by atomic mass is 9.49. The summed E-state index contributed by atoms with van der Waals surface area (Å²) in [6.07, 6.45) is 6.51. The predicted octanol–water partition coefficient (Wildman–Crippen LogP) is 3.24. The summed E-state index contributed by atoms with van der Waals surface area (Å²) in [6.45, 7) is 6.36. The van der Waals surface area contributed by atoms with Crippen LogP contribution in [-0.4, -0.2) is 11.2 Å².